The summed E-state index contributed by atoms with van der Waals surface area (Å²) >= 11 is 0. The Bertz CT molecular complexity index is 776. The first-order chi connectivity index (χ1) is 14.7. The molecule has 1 aliphatic rings. The minimum absolute atomic E-state index is 0.205. The van der Waals surface area contributed by atoms with Crippen molar-refractivity contribution in [3.63, 3.8) is 0 Å². The molecule has 2 N–H and O–H groups in total. The van der Waals surface area contributed by atoms with Crippen molar-refractivity contribution >= 4 is 5.96 Å². The van der Waals surface area contributed by atoms with Gasteiger partial charge in [0, 0.05) is 51.9 Å². The van der Waals surface area contributed by atoms with E-state index in [-0.39, 0.29) is 5.82 Å². The molecule has 30 heavy (non-hydrogen) atoms. The Morgan fingerprint density at radius 3 is 2.53 bits per heavy atom. The minimum Gasteiger partial charge on any atom is -0.378 e. The monoisotopic (exact) mass is 412 g/mol. The first-order valence-electron chi connectivity index (χ1n) is 10.8. The zero-order chi connectivity index (χ0) is 21.0. The predicted octanol–water partition coefficient (Wildman–Crippen LogP) is 3.56. The maximum atomic E-state index is 13.7. The predicted molar refractivity (Wildman–Crippen MR) is 120 cm³/mol. The Morgan fingerprint density at radius 1 is 1.07 bits per heavy atom. The number of nitrogens with one attached hydrogen (secondary N) is 2. The summed E-state index contributed by atoms with van der Waals surface area (Å²) in [6, 6.07) is 17.4. The maximum Gasteiger partial charge on any atom is 0.191 e. The van der Waals surface area contributed by atoms with E-state index in [9.17, 15) is 4.39 Å². The molecule has 0 unspecified atom stereocenters. The van der Waals surface area contributed by atoms with Crippen molar-refractivity contribution in [2.24, 2.45) is 4.99 Å². The van der Waals surface area contributed by atoms with Crippen molar-refractivity contribution in [3.05, 3.63) is 71.5 Å². The number of rotatable bonds is 9. The molecule has 162 valence electrons. The van der Waals surface area contributed by atoms with Crippen molar-refractivity contribution in [1.29, 1.82) is 0 Å². The van der Waals surface area contributed by atoms with Crippen molar-refractivity contribution in [3.8, 4) is 0 Å². The van der Waals surface area contributed by atoms with Gasteiger partial charge in [-0.25, -0.2) is 4.39 Å². The van der Waals surface area contributed by atoms with Crippen LogP contribution in [-0.4, -0.2) is 50.3 Å². The molecule has 2 aromatic carbocycles. The molecule has 6 heteroatoms. The molecule has 0 saturated carbocycles. The van der Waals surface area contributed by atoms with Gasteiger partial charge in [0.1, 0.15) is 5.82 Å². The molecule has 0 radical (unpaired) electrons. The van der Waals surface area contributed by atoms with E-state index in [1.54, 1.807) is 19.2 Å². The van der Waals surface area contributed by atoms with Gasteiger partial charge >= 0.3 is 0 Å². The van der Waals surface area contributed by atoms with Crippen LogP contribution in [0.2, 0.25) is 0 Å². The van der Waals surface area contributed by atoms with E-state index >= 15 is 0 Å². The van der Waals surface area contributed by atoms with E-state index in [1.165, 1.54) is 11.6 Å². The second-order valence-corrected chi connectivity index (χ2v) is 7.63. The lowest BCUT2D eigenvalue weighted by Crippen LogP contribution is -2.38. The summed E-state index contributed by atoms with van der Waals surface area (Å²) in [4.78, 5) is 6.69. The first kappa shape index (κ1) is 22.2. The van der Waals surface area contributed by atoms with Crippen LogP contribution in [0, 0.1) is 5.82 Å². The van der Waals surface area contributed by atoms with Crippen LogP contribution in [0.5, 0.6) is 0 Å². The molecule has 5 nitrogen and oxygen atoms in total. The number of halogens is 1. The third-order valence-electron chi connectivity index (χ3n) is 5.38. The van der Waals surface area contributed by atoms with Gasteiger partial charge in [0.25, 0.3) is 0 Å². The van der Waals surface area contributed by atoms with Gasteiger partial charge in [0.05, 0.1) is 6.10 Å². The van der Waals surface area contributed by atoms with Crippen molar-refractivity contribution in [1.82, 2.24) is 15.5 Å². The summed E-state index contributed by atoms with van der Waals surface area (Å²) in [5.41, 5.74) is 2.00. The van der Waals surface area contributed by atoms with E-state index in [4.69, 9.17) is 4.74 Å². The Morgan fingerprint density at radius 2 is 1.80 bits per heavy atom. The van der Waals surface area contributed by atoms with Crippen molar-refractivity contribution in [2.45, 2.75) is 38.5 Å². The van der Waals surface area contributed by atoms with Crippen molar-refractivity contribution < 1.29 is 9.13 Å². The minimum atomic E-state index is -0.205. The first-order valence-corrected chi connectivity index (χ1v) is 10.8. The molecule has 0 aliphatic carbocycles. The van der Waals surface area contributed by atoms with Gasteiger partial charge in [0.15, 0.2) is 5.96 Å². The fourth-order valence-electron chi connectivity index (χ4n) is 3.65. The second kappa shape index (κ2) is 12.3. The smallest absolute Gasteiger partial charge is 0.191 e. The summed E-state index contributed by atoms with van der Waals surface area (Å²) in [6.07, 6.45) is 3.44. The highest BCUT2D eigenvalue weighted by Crippen LogP contribution is 2.16. The average Bonchev–Trinajstić information content (AvgIpc) is 2.78. The molecule has 0 atom stereocenters. The number of benzene rings is 2. The zero-order valence-electron chi connectivity index (χ0n) is 17.8. The lowest BCUT2D eigenvalue weighted by atomic mass is 10.1. The van der Waals surface area contributed by atoms with E-state index in [2.05, 4.69) is 50.9 Å². The van der Waals surface area contributed by atoms with Gasteiger partial charge in [-0.2, -0.15) is 0 Å². The normalized spacial score (nSPS) is 15.9. The summed E-state index contributed by atoms with van der Waals surface area (Å²) in [5.74, 6) is 0.469. The number of nitrogens with zero attached hydrogens (tertiary/aromatic N) is 2. The Labute approximate surface area is 179 Å². The molecule has 0 amide bonds. The average molecular weight is 413 g/mol. The number of hydrogen-bond acceptors (Lipinski definition) is 3. The van der Waals surface area contributed by atoms with Gasteiger partial charge in [-0.15, -0.1) is 0 Å². The molecule has 1 fully saturated rings. The molecule has 1 aliphatic heterocycles. The Hall–Kier alpha value is -2.44. The zero-order valence-corrected chi connectivity index (χ0v) is 17.8. The van der Waals surface area contributed by atoms with E-state index in [0.29, 0.717) is 24.2 Å². The number of hydrogen-bond donors (Lipinski definition) is 2. The van der Waals surface area contributed by atoms with Crippen LogP contribution in [-0.2, 0) is 17.8 Å². The highest BCUT2D eigenvalue weighted by molar-refractivity contribution is 5.79. The maximum absolute atomic E-state index is 13.7. The number of ether oxygens (including phenoxy) is 1. The highest BCUT2D eigenvalue weighted by atomic mass is 19.1. The van der Waals surface area contributed by atoms with E-state index in [0.717, 1.165) is 52.0 Å². The molecule has 1 saturated heterocycles. The summed E-state index contributed by atoms with van der Waals surface area (Å²) in [6.45, 7) is 5.11. The standard InChI is InChI=1S/C24H33FN4O/c1-26-24(28-18-21-10-5-6-11-23(21)25)27-14-7-17-30-22-12-15-29(16-13-22)19-20-8-3-2-4-9-20/h2-6,8-11,22H,7,12-19H2,1H3,(H2,26,27,28). The summed E-state index contributed by atoms with van der Waals surface area (Å²) in [7, 11) is 1.72. The van der Waals surface area contributed by atoms with Crippen LogP contribution in [0.4, 0.5) is 4.39 Å². The highest BCUT2D eigenvalue weighted by Gasteiger charge is 2.19. The van der Waals surface area contributed by atoms with Gasteiger partial charge < -0.3 is 15.4 Å². The number of aliphatic imine (C=N–C) groups is 1. The van der Waals surface area contributed by atoms with Crippen LogP contribution in [0.25, 0.3) is 0 Å². The molecule has 0 spiro atoms. The largest absolute Gasteiger partial charge is 0.378 e. The number of piperidine rings is 1. The summed E-state index contributed by atoms with van der Waals surface area (Å²) < 4.78 is 19.8. The Kier molecular flexibility index (Phi) is 9.12. The molecule has 1 heterocycles. The molecule has 0 aromatic heterocycles. The topological polar surface area (TPSA) is 48.9 Å². The third-order valence-corrected chi connectivity index (χ3v) is 5.38. The lowest BCUT2D eigenvalue weighted by Gasteiger charge is -2.32. The third kappa shape index (κ3) is 7.43. The van der Waals surface area contributed by atoms with Crippen LogP contribution in [0.3, 0.4) is 0 Å². The summed E-state index contributed by atoms with van der Waals surface area (Å²) in [5, 5.41) is 6.40. The van der Waals surface area contributed by atoms with Gasteiger partial charge in [-0.3, -0.25) is 9.89 Å². The Balaban J connectivity index is 1.25. The van der Waals surface area contributed by atoms with E-state index < -0.39 is 0 Å². The molecular weight excluding hydrogens is 379 g/mol. The number of guanidine groups is 1. The fourth-order valence-corrected chi connectivity index (χ4v) is 3.65. The SMILES string of the molecule is CN=C(NCCCOC1CCN(Cc2ccccc2)CC1)NCc1ccccc1F. The number of likely N-dealkylation sites (tertiary alicyclic amines) is 1. The molecular formula is C24H33FN4O. The fraction of sp³-hybridized carbons (Fsp3) is 0.458. The van der Waals surface area contributed by atoms with Crippen LogP contribution < -0.4 is 10.6 Å². The quantitative estimate of drug-likeness (QED) is 0.376. The van der Waals surface area contributed by atoms with Crippen LogP contribution in [0.1, 0.15) is 30.4 Å². The lowest BCUT2D eigenvalue weighted by molar-refractivity contribution is 0.00534. The molecule has 2 aromatic rings. The van der Waals surface area contributed by atoms with Crippen LogP contribution >= 0.6 is 0 Å². The second-order valence-electron chi connectivity index (χ2n) is 7.63. The van der Waals surface area contributed by atoms with Gasteiger partial charge in [-0.1, -0.05) is 48.5 Å². The van der Waals surface area contributed by atoms with Gasteiger partial charge in [-0.05, 0) is 30.9 Å². The van der Waals surface area contributed by atoms with Crippen molar-refractivity contribution in [2.75, 3.05) is 33.3 Å². The van der Waals surface area contributed by atoms with Gasteiger partial charge in [0.2, 0.25) is 0 Å². The molecule has 3 rings (SSSR count). The van der Waals surface area contributed by atoms with E-state index in [1.807, 2.05) is 6.07 Å². The molecule has 0 bridgehead atoms. The van der Waals surface area contributed by atoms with Crippen LogP contribution in [0.15, 0.2) is 59.6 Å².